The van der Waals surface area contributed by atoms with Crippen molar-refractivity contribution in [2.24, 2.45) is 0 Å². The van der Waals surface area contributed by atoms with Crippen molar-refractivity contribution < 1.29 is 14.4 Å². The molecule has 1 aromatic carbocycles. The highest BCUT2D eigenvalue weighted by Crippen LogP contribution is 2.11. The Morgan fingerprint density at radius 1 is 1.31 bits per heavy atom. The Morgan fingerprint density at radius 3 is 2.54 bits per heavy atom. The normalized spacial score (nSPS) is 9.69. The van der Waals surface area contributed by atoms with E-state index in [1.165, 1.54) is 5.56 Å². The fourth-order valence-corrected chi connectivity index (χ4v) is 1.02. The van der Waals surface area contributed by atoms with Gasteiger partial charge in [0.25, 0.3) is 0 Å². The van der Waals surface area contributed by atoms with Gasteiger partial charge in [0.15, 0.2) is 0 Å². The maximum atomic E-state index is 8.36. The highest BCUT2D eigenvalue weighted by Gasteiger charge is 1.95. The first-order valence-electron chi connectivity index (χ1n) is 4.07. The molecule has 0 bridgehead atoms. The number of benzene rings is 1. The maximum Gasteiger partial charge on any atom is 0.569 e. The summed E-state index contributed by atoms with van der Waals surface area (Å²) in [5.74, 6) is 0.628. The smallest absolute Gasteiger partial charge is 0.537 e. The molecule has 0 atom stereocenters. The Morgan fingerprint density at radius 2 is 2.00 bits per heavy atom. The van der Waals surface area contributed by atoms with Crippen LogP contribution in [0, 0.1) is 0 Å². The quantitative estimate of drug-likeness (QED) is 0.678. The predicted octanol–water partition coefficient (Wildman–Crippen LogP) is 0.781. The van der Waals surface area contributed by atoms with E-state index < -0.39 is 0 Å². The van der Waals surface area contributed by atoms with Gasteiger partial charge in [0, 0.05) is 7.11 Å². The maximum absolute atomic E-state index is 8.36. The average molecular weight is 179 g/mol. The number of hydrogen-bond donors (Lipinski definition) is 1. The van der Waals surface area contributed by atoms with Gasteiger partial charge in [-0.05, 0) is 24.1 Å². The van der Waals surface area contributed by atoms with Crippen LogP contribution in [-0.4, -0.2) is 26.4 Å². The number of methoxy groups -OCH3 is 1. The van der Waals surface area contributed by atoms with Crippen LogP contribution in [0.1, 0.15) is 5.56 Å². The second-order valence-electron chi connectivity index (χ2n) is 2.61. The van der Waals surface area contributed by atoms with Gasteiger partial charge in [-0.2, -0.15) is 0 Å². The molecule has 13 heavy (non-hydrogen) atoms. The van der Waals surface area contributed by atoms with E-state index in [-0.39, 0.29) is 0 Å². The molecule has 0 saturated carbocycles. The Labute approximate surface area is 78.6 Å². The van der Waals surface area contributed by atoms with Crippen LogP contribution < -0.4 is 4.65 Å². The summed E-state index contributed by atoms with van der Waals surface area (Å²) in [7, 11) is 2.35. The van der Waals surface area contributed by atoms with Gasteiger partial charge in [0.2, 0.25) is 0 Å². The SMILES string of the molecule is COCCc1ccc(O[B]O)cc1. The van der Waals surface area contributed by atoms with Crippen LogP contribution in [-0.2, 0) is 11.2 Å². The molecule has 3 nitrogen and oxygen atoms in total. The molecule has 1 N–H and O–H groups in total. The molecule has 0 unspecified atom stereocenters. The van der Waals surface area contributed by atoms with Crippen molar-refractivity contribution in [1.82, 2.24) is 0 Å². The lowest BCUT2D eigenvalue weighted by molar-refractivity contribution is 0.202. The molecule has 4 heteroatoms. The van der Waals surface area contributed by atoms with Gasteiger partial charge in [0.1, 0.15) is 0 Å². The molecule has 0 spiro atoms. The van der Waals surface area contributed by atoms with E-state index in [1.54, 1.807) is 19.2 Å². The second kappa shape index (κ2) is 5.62. The van der Waals surface area contributed by atoms with Crippen LogP contribution >= 0.6 is 0 Å². The molecule has 0 aromatic heterocycles. The van der Waals surface area contributed by atoms with Crippen molar-refractivity contribution in [3.8, 4) is 5.75 Å². The van der Waals surface area contributed by atoms with E-state index >= 15 is 0 Å². The van der Waals surface area contributed by atoms with E-state index in [4.69, 9.17) is 14.4 Å². The monoisotopic (exact) mass is 179 g/mol. The first kappa shape index (κ1) is 10.1. The van der Waals surface area contributed by atoms with Crippen LogP contribution in [0.5, 0.6) is 5.75 Å². The third-order valence-electron chi connectivity index (χ3n) is 1.71. The van der Waals surface area contributed by atoms with Crippen LogP contribution in [0.15, 0.2) is 24.3 Å². The third-order valence-corrected chi connectivity index (χ3v) is 1.71. The summed E-state index contributed by atoms with van der Waals surface area (Å²) in [5.41, 5.74) is 1.19. The zero-order chi connectivity index (χ0) is 9.52. The highest BCUT2D eigenvalue weighted by molar-refractivity contribution is 6.17. The summed E-state index contributed by atoms with van der Waals surface area (Å²) in [6, 6.07) is 7.49. The molecule has 1 radical (unpaired) electrons. The molecule has 0 heterocycles. The minimum absolute atomic E-state index is 0.628. The lowest BCUT2D eigenvalue weighted by atomic mass is 10.1. The summed E-state index contributed by atoms with van der Waals surface area (Å²) in [6.07, 6.45) is 0.889. The fourth-order valence-electron chi connectivity index (χ4n) is 1.02. The Hall–Kier alpha value is -0.995. The molecule has 0 amide bonds. The molecule has 1 rings (SSSR count). The van der Waals surface area contributed by atoms with Crippen molar-refractivity contribution in [2.75, 3.05) is 13.7 Å². The third kappa shape index (κ3) is 3.48. The molecule has 0 aliphatic carbocycles. The van der Waals surface area contributed by atoms with Crippen molar-refractivity contribution in [1.29, 1.82) is 0 Å². The molecule has 69 valence electrons. The molecule has 0 saturated heterocycles. The van der Waals surface area contributed by atoms with Gasteiger partial charge in [-0.15, -0.1) is 0 Å². The van der Waals surface area contributed by atoms with E-state index in [0.29, 0.717) is 20.0 Å². The van der Waals surface area contributed by atoms with Crippen LogP contribution in [0.4, 0.5) is 0 Å². The molecule has 0 aliphatic heterocycles. The van der Waals surface area contributed by atoms with E-state index in [2.05, 4.69) is 0 Å². The first-order chi connectivity index (χ1) is 6.36. The van der Waals surface area contributed by atoms with E-state index in [9.17, 15) is 0 Å². The topological polar surface area (TPSA) is 38.7 Å². The van der Waals surface area contributed by atoms with Gasteiger partial charge >= 0.3 is 7.69 Å². The standard InChI is InChI=1S/C9H12BO3/c1-12-7-6-8-2-4-9(5-3-8)13-10-11/h2-5,11H,6-7H2,1H3. The van der Waals surface area contributed by atoms with Gasteiger partial charge < -0.3 is 14.4 Å². The number of hydrogen-bond acceptors (Lipinski definition) is 3. The summed E-state index contributed by atoms with van der Waals surface area (Å²) in [4.78, 5) is 0. The molecule has 0 aliphatic rings. The molecular weight excluding hydrogens is 167 g/mol. The summed E-state index contributed by atoms with van der Waals surface area (Å²) < 4.78 is 9.71. The Bertz CT molecular complexity index is 235. The summed E-state index contributed by atoms with van der Waals surface area (Å²) >= 11 is 0. The zero-order valence-corrected chi connectivity index (χ0v) is 7.56. The van der Waals surface area contributed by atoms with Crippen molar-refractivity contribution >= 4 is 7.69 Å². The minimum atomic E-state index is 0.628. The van der Waals surface area contributed by atoms with Crippen LogP contribution in [0.3, 0.4) is 0 Å². The van der Waals surface area contributed by atoms with Gasteiger partial charge in [-0.3, -0.25) is 0 Å². The van der Waals surface area contributed by atoms with Crippen LogP contribution in [0.2, 0.25) is 0 Å². The highest BCUT2D eigenvalue weighted by atomic mass is 16.5. The zero-order valence-electron chi connectivity index (χ0n) is 7.56. The van der Waals surface area contributed by atoms with E-state index in [1.807, 2.05) is 12.1 Å². The lowest BCUT2D eigenvalue weighted by Gasteiger charge is -2.03. The van der Waals surface area contributed by atoms with Crippen molar-refractivity contribution in [2.45, 2.75) is 6.42 Å². The van der Waals surface area contributed by atoms with Crippen LogP contribution in [0.25, 0.3) is 0 Å². The Balaban J connectivity index is 2.48. The summed E-state index contributed by atoms with van der Waals surface area (Å²) in [6.45, 7) is 0.715. The van der Waals surface area contributed by atoms with Crippen molar-refractivity contribution in [3.05, 3.63) is 29.8 Å². The number of rotatable bonds is 5. The number of ether oxygens (including phenoxy) is 1. The van der Waals surface area contributed by atoms with Gasteiger partial charge in [-0.1, -0.05) is 12.1 Å². The largest absolute Gasteiger partial charge is 0.569 e. The first-order valence-corrected chi connectivity index (χ1v) is 4.07. The summed E-state index contributed by atoms with van der Waals surface area (Å²) in [5, 5.41) is 8.36. The molecular formula is C9H12BO3. The van der Waals surface area contributed by atoms with Gasteiger partial charge in [0.05, 0.1) is 12.4 Å². The van der Waals surface area contributed by atoms with Gasteiger partial charge in [-0.25, -0.2) is 0 Å². The van der Waals surface area contributed by atoms with E-state index in [0.717, 1.165) is 6.42 Å². The van der Waals surface area contributed by atoms with Crippen molar-refractivity contribution in [3.63, 3.8) is 0 Å². The lowest BCUT2D eigenvalue weighted by Crippen LogP contribution is -2.00. The molecule has 1 aromatic rings. The fraction of sp³-hybridized carbons (Fsp3) is 0.333. The predicted molar refractivity (Wildman–Crippen MR) is 50.6 cm³/mol. The molecule has 0 fully saturated rings. The Kier molecular flexibility index (Phi) is 4.36. The minimum Gasteiger partial charge on any atom is -0.537 e. The second-order valence-corrected chi connectivity index (χ2v) is 2.61. The average Bonchev–Trinajstić information content (AvgIpc) is 2.17.